The van der Waals surface area contributed by atoms with Gasteiger partial charge in [0.15, 0.2) is 0 Å². The summed E-state index contributed by atoms with van der Waals surface area (Å²) in [5.41, 5.74) is 0.650. The molecule has 3 aliphatic rings. The molecule has 0 amide bonds. The van der Waals surface area contributed by atoms with Gasteiger partial charge in [-0.1, -0.05) is 0 Å². The molecule has 2 bridgehead atoms. The maximum atomic E-state index is 10.8. The van der Waals surface area contributed by atoms with E-state index < -0.39 is 5.97 Å². The minimum absolute atomic E-state index is 0.302. The van der Waals surface area contributed by atoms with E-state index in [0.717, 1.165) is 12.4 Å². The zero-order chi connectivity index (χ0) is 13.3. The highest BCUT2D eigenvalue weighted by atomic mass is 16.5. The van der Waals surface area contributed by atoms with Crippen molar-refractivity contribution in [3.8, 4) is 5.75 Å². The molecule has 0 atom stereocenters. The van der Waals surface area contributed by atoms with Crippen molar-refractivity contribution in [1.82, 2.24) is 4.90 Å². The first-order chi connectivity index (χ1) is 9.17. The van der Waals surface area contributed by atoms with Crippen molar-refractivity contribution in [3.63, 3.8) is 0 Å². The van der Waals surface area contributed by atoms with Crippen LogP contribution in [-0.4, -0.2) is 42.2 Å². The molecule has 4 rings (SSSR count). The van der Waals surface area contributed by atoms with Crippen molar-refractivity contribution in [2.75, 3.05) is 26.2 Å². The zero-order valence-corrected chi connectivity index (χ0v) is 11.0. The number of fused-ring (bicyclic) bond motifs is 3. The zero-order valence-electron chi connectivity index (χ0n) is 11.0. The van der Waals surface area contributed by atoms with Crippen molar-refractivity contribution in [3.05, 3.63) is 29.8 Å². The van der Waals surface area contributed by atoms with Crippen LogP contribution in [0.25, 0.3) is 0 Å². The molecule has 3 heterocycles. The Bertz CT molecular complexity index is 447. The number of carboxylic acids is 1. The van der Waals surface area contributed by atoms with Crippen LogP contribution >= 0.6 is 0 Å². The maximum absolute atomic E-state index is 10.8. The molecule has 0 aromatic heterocycles. The molecule has 4 nitrogen and oxygen atoms in total. The summed E-state index contributed by atoms with van der Waals surface area (Å²) < 4.78 is 5.89. The van der Waals surface area contributed by atoms with Gasteiger partial charge in [-0.3, -0.25) is 0 Å². The van der Waals surface area contributed by atoms with Crippen LogP contribution in [0, 0.1) is 5.41 Å². The topological polar surface area (TPSA) is 49.8 Å². The van der Waals surface area contributed by atoms with Gasteiger partial charge in [0.25, 0.3) is 0 Å². The van der Waals surface area contributed by atoms with Crippen LogP contribution in [0.1, 0.15) is 29.6 Å². The average Bonchev–Trinajstić information content (AvgIpc) is 2.48. The molecule has 0 radical (unpaired) electrons. The van der Waals surface area contributed by atoms with Crippen LogP contribution in [-0.2, 0) is 0 Å². The number of piperidine rings is 3. The minimum Gasteiger partial charge on any atom is -0.493 e. The second-order valence-corrected chi connectivity index (χ2v) is 5.71. The van der Waals surface area contributed by atoms with Crippen LogP contribution in [0.4, 0.5) is 0 Å². The SMILES string of the molecule is O=C(O)c1ccc(OCC23CCN(CC2)CC3)cc1. The molecule has 3 saturated heterocycles. The monoisotopic (exact) mass is 261 g/mol. The van der Waals surface area contributed by atoms with Gasteiger partial charge in [-0.25, -0.2) is 4.79 Å². The number of carbonyl (C=O) groups is 1. The van der Waals surface area contributed by atoms with Gasteiger partial charge in [0.05, 0.1) is 12.2 Å². The number of nitrogens with zero attached hydrogens (tertiary/aromatic N) is 1. The van der Waals surface area contributed by atoms with E-state index >= 15 is 0 Å². The molecular weight excluding hydrogens is 242 g/mol. The molecule has 0 unspecified atom stereocenters. The summed E-state index contributed by atoms with van der Waals surface area (Å²) >= 11 is 0. The second-order valence-electron chi connectivity index (χ2n) is 5.71. The van der Waals surface area contributed by atoms with Crippen LogP contribution in [0.3, 0.4) is 0 Å². The number of rotatable bonds is 4. The molecular formula is C15H19NO3. The predicted octanol–water partition coefficient (Wildman–Crippen LogP) is 2.25. The molecule has 3 aliphatic heterocycles. The summed E-state index contributed by atoms with van der Waals surface area (Å²) in [6, 6.07) is 6.69. The van der Waals surface area contributed by atoms with Crippen LogP contribution in [0.2, 0.25) is 0 Å². The fourth-order valence-electron chi connectivity index (χ4n) is 3.04. The molecule has 0 aliphatic carbocycles. The smallest absolute Gasteiger partial charge is 0.335 e. The third-order valence-corrected chi connectivity index (χ3v) is 4.52. The van der Waals surface area contributed by atoms with Gasteiger partial charge in [0, 0.05) is 5.41 Å². The predicted molar refractivity (Wildman–Crippen MR) is 71.6 cm³/mol. The Morgan fingerprint density at radius 2 is 1.74 bits per heavy atom. The summed E-state index contributed by atoms with van der Waals surface area (Å²) in [5, 5.41) is 8.85. The third-order valence-electron chi connectivity index (χ3n) is 4.52. The second kappa shape index (κ2) is 4.85. The molecule has 1 aromatic rings. The van der Waals surface area contributed by atoms with Crippen LogP contribution in [0.5, 0.6) is 5.75 Å². The number of benzene rings is 1. The number of hydrogen-bond donors (Lipinski definition) is 1. The van der Waals surface area contributed by atoms with E-state index in [4.69, 9.17) is 9.84 Å². The van der Waals surface area contributed by atoms with E-state index in [1.165, 1.54) is 38.9 Å². The molecule has 1 aromatic carbocycles. The van der Waals surface area contributed by atoms with Crippen LogP contribution < -0.4 is 4.74 Å². The Morgan fingerprint density at radius 3 is 2.26 bits per heavy atom. The van der Waals surface area contributed by atoms with E-state index in [1.807, 2.05) is 0 Å². The van der Waals surface area contributed by atoms with E-state index in [1.54, 1.807) is 24.3 Å². The van der Waals surface area contributed by atoms with Crippen molar-refractivity contribution in [1.29, 1.82) is 0 Å². The van der Waals surface area contributed by atoms with Crippen molar-refractivity contribution in [2.24, 2.45) is 5.41 Å². The van der Waals surface area contributed by atoms with Crippen LogP contribution in [0.15, 0.2) is 24.3 Å². The Labute approximate surface area is 113 Å². The largest absolute Gasteiger partial charge is 0.493 e. The van der Waals surface area contributed by atoms with Gasteiger partial charge in [0.2, 0.25) is 0 Å². The number of aromatic carboxylic acids is 1. The highest BCUT2D eigenvalue weighted by Gasteiger charge is 2.39. The highest BCUT2D eigenvalue weighted by molar-refractivity contribution is 5.87. The molecule has 102 valence electrons. The number of hydrogen-bond acceptors (Lipinski definition) is 3. The van der Waals surface area contributed by atoms with Gasteiger partial charge in [-0.05, 0) is 63.2 Å². The fraction of sp³-hybridized carbons (Fsp3) is 0.533. The Kier molecular flexibility index (Phi) is 3.19. The summed E-state index contributed by atoms with van der Waals surface area (Å²) in [6.45, 7) is 4.34. The van der Waals surface area contributed by atoms with Crippen molar-refractivity contribution < 1.29 is 14.6 Å². The summed E-state index contributed by atoms with van der Waals surface area (Å²) in [6.07, 6.45) is 3.67. The van der Waals surface area contributed by atoms with Crippen molar-refractivity contribution in [2.45, 2.75) is 19.3 Å². The Balaban J connectivity index is 1.61. The molecule has 19 heavy (non-hydrogen) atoms. The van der Waals surface area contributed by atoms with Gasteiger partial charge in [-0.15, -0.1) is 0 Å². The summed E-state index contributed by atoms with van der Waals surface area (Å²) in [4.78, 5) is 13.3. The number of ether oxygens (including phenoxy) is 1. The molecule has 3 fully saturated rings. The maximum Gasteiger partial charge on any atom is 0.335 e. The fourth-order valence-corrected chi connectivity index (χ4v) is 3.04. The number of carboxylic acid groups (broad SMARTS) is 1. The lowest BCUT2D eigenvalue weighted by molar-refractivity contribution is -0.00766. The minimum atomic E-state index is -0.898. The summed E-state index contributed by atoms with van der Waals surface area (Å²) in [7, 11) is 0. The van der Waals surface area contributed by atoms with E-state index in [9.17, 15) is 4.79 Å². The third kappa shape index (κ3) is 2.59. The lowest BCUT2D eigenvalue weighted by Gasteiger charge is -2.48. The first-order valence-corrected chi connectivity index (χ1v) is 6.85. The van der Waals surface area contributed by atoms with E-state index in [0.29, 0.717) is 11.0 Å². The highest BCUT2D eigenvalue weighted by Crippen LogP contribution is 2.40. The quantitative estimate of drug-likeness (QED) is 0.903. The Morgan fingerprint density at radius 1 is 1.16 bits per heavy atom. The van der Waals surface area contributed by atoms with Crippen molar-refractivity contribution >= 4 is 5.97 Å². The van der Waals surface area contributed by atoms with E-state index in [-0.39, 0.29) is 0 Å². The first kappa shape index (κ1) is 12.5. The van der Waals surface area contributed by atoms with E-state index in [2.05, 4.69) is 4.90 Å². The lowest BCUT2D eigenvalue weighted by atomic mass is 9.73. The molecule has 0 spiro atoms. The van der Waals surface area contributed by atoms with Gasteiger partial charge in [0.1, 0.15) is 5.75 Å². The lowest BCUT2D eigenvalue weighted by Crippen LogP contribution is -2.50. The summed E-state index contributed by atoms with van der Waals surface area (Å²) in [5.74, 6) is -0.128. The average molecular weight is 261 g/mol. The van der Waals surface area contributed by atoms with Gasteiger partial charge >= 0.3 is 5.97 Å². The normalized spacial score (nSPS) is 29.2. The molecule has 1 N–H and O–H groups in total. The van der Waals surface area contributed by atoms with Gasteiger partial charge < -0.3 is 14.7 Å². The standard InChI is InChI=1S/C15H19NO3/c17-14(18)12-1-3-13(4-2-12)19-11-15-5-8-16(9-6-15)10-7-15/h1-4H,5-11H2,(H,17,18). The Hall–Kier alpha value is -1.55. The van der Waals surface area contributed by atoms with Gasteiger partial charge in [-0.2, -0.15) is 0 Å². The first-order valence-electron chi connectivity index (χ1n) is 6.85. The molecule has 4 heteroatoms. The molecule has 0 saturated carbocycles.